The Labute approximate surface area is 150 Å². The summed E-state index contributed by atoms with van der Waals surface area (Å²) in [7, 11) is 0. The van der Waals surface area contributed by atoms with Crippen molar-refractivity contribution in [1.29, 1.82) is 0 Å². The molecule has 2 aliphatic heterocycles. The molecule has 0 bridgehead atoms. The van der Waals surface area contributed by atoms with E-state index in [1.165, 1.54) is 6.42 Å². The summed E-state index contributed by atoms with van der Waals surface area (Å²) in [6, 6.07) is 0.446. The van der Waals surface area contributed by atoms with E-state index in [0.29, 0.717) is 12.6 Å². The standard InChI is InChI=1S/C15H26N4O2.2ClH/c20-14(17-12-4-5-12)11-18-7-9-19(10-8-18)15(21)13-3-1-2-6-16-13;;/h12-13,16H,1-11H2,(H,17,20);2*1H. The van der Waals surface area contributed by atoms with Gasteiger partial charge in [0.05, 0.1) is 12.6 Å². The van der Waals surface area contributed by atoms with Crippen LogP contribution in [0.15, 0.2) is 0 Å². The highest BCUT2D eigenvalue weighted by Gasteiger charge is 2.29. The summed E-state index contributed by atoms with van der Waals surface area (Å²) in [5, 5.41) is 6.33. The largest absolute Gasteiger partial charge is 0.352 e. The second kappa shape index (κ2) is 9.67. The van der Waals surface area contributed by atoms with E-state index in [1.807, 2.05) is 4.90 Å². The predicted molar refractivity (Wildman–Crippen MR) is 94.3 cm³/mol. The average molecular weight is 367 g/mol. The first-order valence-corrected chi connectivity index (χ1v) is 8.26. The highest BCUT2D eigenvalue weighted by Crippen LogP contribution is 2.18. The second-order valence-electron chi connectivity index (χ2n) is 6.45. The van der Waals surface area contributed by atoms with Gasteiger partial charge in [0.15, 0.2) is 0 Å². The molecule has 6 nitrogen and oxygen atoms in total. The Kier molecular flexibility index (Phi) is 8.61. The number of amides is 2. The molecule has 1 saturated carbocycles. The Morgan fingerprint density at radius 3 is 2.26 bits per heavy atom. The van der Waals surface area contributed by atoms with Crippen molar-refractivity contribution in [3.05, 3.63) is 0 Å². The van der Waals surface area contributed by atoms with Crippen LogP contribution in [0.25, 0.3) is 0 Å². The first-order chi connectivity index (χ1) is 10.2. The van der Waals surface area contributed by atoms with Crippen LogP contribution in [0.2, 0.25) is 0 Å². The molecule has 3 aliphatic rings. The molecule has 0 spiro atoms. The van der Waals surface area contributed by atoms with Crippen LogP contribution in [0.3, 0.4) is 0 Å². The third kappa shape index (κ3) is 6.10. The number of rotatable bonds is 4. The molecule has 1 atom stereocenters. The van der Waals surface area contributed by atoms with E-state index in [4.69, 9.17) is 0 Å². The van der Waals surface area contributed by atoms with Gasteiger partial charge >= 0.3 is 0 Å². The van der Waals surface area contributed by atoms with Crippen LogP contribution >= 0.6 is 24.8 Å². The summed E-state index contributed by atoms with van der Waals surface area (Å²) in [5.74, 6) is 0.378. The predicted octanol–water partition coefficient (Wildman–Crippen LogP) is 0.395. The third-order valence-corrected chi connectivity index (χ3v) is 4.60. The molecule has 1 aliphatic carbocycles. The van der Waals surface area contributed by atoms with E-state index in [1.54, 1.807) is 0 Å². The third-order valence-electron chi connectivity index (χ3n) is 4.60. The maximum absolute atomic E-state index is 12.4. The molecule has 3 fully saturated rings. The second-order valence-corrected chi connectivity index (χ2v) is 6.45. The molecule has 2 N–H and O–H groups in total. The van der Waals surface area contributed by atoms with Gasteiger partial charge in [-0.3, -0.25) is 14.5 Å². The minimum absolute atomic E-state index is 0. The van der Waals surface area contributed by atoms with Crippen LogP contribution < -0.4 is 10.6 Å². The monoisotopic (exact) mass is 366 g/mol. The lowest BCUT2D eigenvalue weighted by atomic mass is 10.0. The summed E-state index contributed by atoms with van der Waals surface area (Å²) in [4.78, 5) is 28.3. The Balaban J connectivity index is 0.00000132. The Hall–Kier alpha value is -0.560. The SMILES string of the molecule is Cl.Cl.O=C(CN1CCN(C(=O)C2CCCCN2)CC1)NC1CC1. The molecule has 2 heterocycles. The minimum atomic E-state index is 0. The molecule has 134 valence electrons. The van der Waals surface area contributed by atoms with E-state index in [9.17, 15) is 9.59 Å². The van der Waals surface area contributed by atoms with Gasteiger partial charge < -0.3 is 15.5 Å². The van der Waals surface area contributed by atoms with Gasteiger partial charge in [-0.15, -0.1) is 24.8 Å². The molecule has 0 aromatic rings. The molecule has 8 heteroatoms. The first-order valence-electron chi connectivity index (χ1n) is 8.26. The number of nitrogens with one attached hydrogen (secondary N) is 2. The van der Waals surface area contributed by atoms with Crippen molar-refractivity contribution in [3.63, 3.8) is 0 Å². The molecule has 2 saturated heterocycles. The Bertz CT molecular complexity index is 393. The van der Waals surface area contributed by atoms with E-state index in [2.05, 4.69) is 15.5 Å². The molecular formula is C15H28Cl2N4O2. The van der Waals surface area contributed by atoms with Gasteiger partial charge in [-0.2, -0.15) is 0 Å². The van der Waals surface area contributed by atoms with Crippen molar-refractivity contribution in [2.24, 2.45) is 0 Å². The van der Waals surface area contributed by atoms with Crippen LogP contribution in [-0.4, -0.2) is 73.0 Å². The van der Waals surface area contributed by atoms with Gasteiger partial charge in [-0.25, -0.2) is 0 Å². The fourth-order valence-electron chi connectivity index (χ4n) is 3.11. The molecule has 2 amide bonds. The van der Waals surface area contributed by atoms with Crippen molar-refractivity contribution in [1.82, 2.24) is 20.4 Å². The molecule has 0 aromatic heterocycles. The van der Waals surface area contributed by atoms with Gasteiger partial charge in [-0.05, 0) is 32.2 Å². The number of carbonyl (C=O) groups excluding carboxylic acids is 2. The number of hydrogen-bond acceptors (Lipinski definition) is 4. The zero-order valence-corrected chi connectivity index (χ0v) is 15.1. The Morgan fingerprint density at radius 1 is 1.00 bits per heavy atom. The van der Waals surface area contributed by atoms with Crippen molar-refractivity contribution in [3.8, 4) is 0 Å². The quantitative estimate of drug-likeness (QED) is 0.755. The van der Waals surface area contributed by atoms with Crippen LogP contribution in [0, 0.1) is 0 Å². The highest BCUT2D eigenvalue weighted by molar-refractivity contribution is 5.85. The fourth-order valence-corrected chi connectivity index (χ4v) is 3.11. The first kappa shape index (κ1) is 20.5. The van der Waals surface area contributed by atoms with Crippen molar-refractivity contribution < 1.29 is 9.59 Å². The average Bonchev–Trinajstić information content (AvgIpc) is 3.32. The number of piperazine rings is 1. The maximum atomic E-state index is 12.4. The zero-order chi connectivity index (χ0) is 14.7. The molecule has 0 radical (unpaired) electrons. The number of halogens is 2. The van der Waals surface area contributed by atoms with Crippen LogP contribution in [0.1, 0.15) is 32.1 Å². The maximum Gasteiger partial charge on any atom is 0.239 e. The number of hydrogen-bond donors (Lipinski definition) is 2. The van der Waals surface area contributed by atoms with E-state index >= 15 is 0 Å². The highest BCUT2D eigenvalue weighted by atomic mass is 35.5. The molecule has 23 heavy (non-hydrogen) atoms. The summed E-state index contributed by atoms with van der Waals surface area (Å²) < 4.78 is 0. The lowest BCUT2D eigenvalue weighted by molar-refractivity contribution is -0.136. The van der Waals surface area contributed by atoms with Crippen LogP contribution in [-0.2, 0) is 9.59 Å². The van der Waals surface area contributed by atoms with Crippen molar-refractivity contribution >= 4 is 36.6 Å². The van der Waals surface area contributed by atoms with Crippen LogP contribution in [0.4, 0.5) is 0 Å². The van der Waals surface area contributed by atoms with E-state index in [-0.39, 0.29) is 42.7 Å². The molecule has 3 rings (SSSR count). The van der Waals surface area contributed by atoms with Gasteiger partial charge in [0.25, 0.3) is 0 Å². The summed E-state index contributed by atoms with van der Waals surface area (Å²) in [6.07, 6.45) is 5.53. The summed E-state index contributed by atoms with van der Waals surface area (Å²) in [6.45, 7) is 4.52. The fraction of sp³-hybridized carbons (Fsp3) is 0.867. The molecule has 0 aromatic carbocycles. The van der Waals surface area contributed by atoms with E-state index < -0.39 is 0 Å². The number of nitrogens with zero attached hydrogens (tertiary/aromatic N) is 2. The van der Waals surface area contributed by atoms with Gasteiger partial charge in [-0.1, -0.05) is 6.42 Å². The lowest BCUT2D eigenvalue weighted by Crippen LogP contribution is -2.56. The van der Waals surface area contributed by atoms with Gasteiger partial charge in [0.2, 0.25) is 11.8 Å². The van der Waals surface area contributed by atoms with Crippen molar-refractivity contribution in [2.45, 2.75) is 44.2 Å². The molecular weight excluding hydrogens is 339 g/mol. The summed E-state index contributed by atoms with van der Waals surface area (Å²) >= 11 is 0. The van der Waals surface area contributed by atoms with E-state index in [0.717, 1.165) is 58.4 Å². The smallest absolute Gasteiger partial charge is 0.239 e. The van der Waals surface area contributed by atoms with Gasteiger partial charge in [0.1, 0.15) is 0 Å². The van der Waals surface area contributed by atoms with Gasteiger partial charge in [0, 0.05) is 32.2 Å². The zero-order valence-electron chi connectivity index (χ0n) is 13.5. The topological polar surface area (TPSA) is 64.7 Å². The number of piperidine rings is 1. The van der Waals surface area contributed by atoms with Crippen LogP contribution in [0.5, 0.6) is 0 Å². The van der Waals surface area contributed by atoms with Crippen molar-refractivity contribution in [2.75, 3.05) is 39.3 Å². The molecule has 1 unspecified atom stereocenters. The summed E-state index contributed by atoms with van der Waals surface area (Å²) in [5.41, 5.74) is 0. The lowest BCUT2D eigenvalue weighted by Gasteiger charge is -2.37. The normalized spacial score (nSPS) is 25.0. The number of carbonyl (C=O) groups is 2. The Morgan fingerprint density at radius 2 is 1.70 bits per heavy atom. The minimum Gasteiger partial charge on any atom is -0.352 e.